The summed E-state index contributed by atoms with van der Waals surface area (Å²) in [6, 6.07) is 0.522. The fourth-order valence-electron chi connectivity index (χ4n) is 2.11. The van der Waals surface area contributed by atoms with E-state index in [1.165, 1.54) is 19.3 Å². The minimum Gasteiger partial charge on any atom is -0.481 e. The average Bonchev–Trinajstić information content (AvgIpc) is 2.59. The minimum absolute atomic E-state index is 0.257. The topological polar surface area (TPSA) is 75.3 Å². The molecule has 2 atom stereocenters. The first kappa shape index (κ1) is 11.5. The maximum atomic E-state index is 10.3. The Kier molecular flexibility index (Phi) is 4.90. The summed E-state index contributed by atoms with van der Waals surface area (Å²) in [6.45, 7) is 1.55. The molecule has 0 aromatic carbocycles. The van der Waals surface area contributed by atoms with Gasteiger partial charge in [-0.1, -0.05) is 6.42 Å². The molecule has 4 nitrogen and oxygen atoms in total. The van der Waals surface area contributed by atoms with Crippen molar-refractivity contribution < 1.29 is 9.90 Å². The molecule has 1 saturated carbocycles. The second kappa shape index (κ2) is 5.98. The van der Waals surface area contributed by atoms with Crippen LogP contribution in [-0.2, 0) is 4.79 Å². The van der Waals surface area contributed by atoms with Gasteiger partial charge in [-0.05, 0) is 38.3 Å². The van der Waals surface area contributed by atoms with Gasteiger partial charge in [-0.3, -0.25) is 4.79 Å². The van der Waals surface area contributed by atoms with Crippen molar-refractivity contribution in [1.29, 1.82) is 0 Å². The number of carboxylic acid groups (broad SMARTS) is 1. The molecular weight excluding hydrogens is 180 g/mol. The Morgan fingerprint density at radius 1 is 1.50 bits per heavy atom. The van der Waals surface area contributed by atoms with Gasteiger partial charge in [0.1, 0.15) is 0 Å². The smallest absolute Gasteiger partial charge is 0.303 e. The second-order valence-electron chi connectivity index (χ2n) is 3.98. The number of hydrogen-bond acceptors (Lipinski definition) is 3. The molecule has 1 fully saturated rings. The van der Waals surface area contributed by atoms with E-state index in [2.05, 4.69) is 5.32 Å². The zero-order valence-corrected chi connectivity index (χ0v) is 8.54. The van der Waals surface area contributed by atoms with Crippen LogP contribution >= 0.6 is 0 Å². The van der Waals surface area contributed by atoms with Crippen LogP contribution in [0.1, 0.15) is 32.1 Å². The molecule has 4 heteroatoms. The predicted octanol–water partition coefficient (Wildman–Crippen LogP) is 0.568. The lowest BCUT2D eigenvalue weighted by Gasteiger charge is -2.19. The lowest BCUT2D eigenvalue weighted by molar-refractivity contribution is -0.137. The fraction of sp³-hybridized carbons (Fsp3) is 0.900. The lowest BCUT2D eigenvalue weighted by Crippen LogP contribution is -2.36. The summed E-state index contributed by atoms with van der Waals surface area (Å²) in [5.41, 5.74) is 5.64. The normalized spacial score (nSPS) is 26.6. The van der Waals surface area contributed by atoms with Crippen LogP contribution in [0.4, 0.5) is 0 Å². The highest BCUT2D eigenvalue weighted by Gasteiger charge is 2.24. The van der Waals surface area contributed by atoms with Crippen LogP contribution in [0.5, 0.6) is 0 Å². The molecule has 82 valence electrons. The molecule has 0 amide bonds. The molecule has 1 aliphatic rings. The largest absolute Gasteiger partial charge is 0.481 e. The monoisotopic (exact) mass is 200 g/mol. The number of carboxylic acids is 1. The van der Waals surface area contributed by atoms with Gasteiger partial charge < -0.3 is 16.2 Å². The number of rotatable bonds is 6. The van der Waals surface area contributed by atoms with Crippen LogP contribution in [-0.4, -0.2) is 30.2 Å². The quantitative estimate of drug-likeness (QED) is 0.548. The Bertz CT molecular complexity index is 185. The summed E-state index contributed by atoms with van der Waals surface area (Å²) >= 11 is 0. The Balaban J connectivity index is 2.08. The zero-order chi connectivity index (χ0) is 10.4. The van der Waals surface area contributed by atoms with Crippen molar-refractivity contribution in [3.05, 3.63) is 0 Å². The molecular formula is C10H20N2O2. The van der Waals surface area contributed by atoms with E-state index in [1.807, 2.05) is 0 Å². The van der Waals surface area contributed by atoms with Gasteiger partial charge in [0.05, 0.1) is 0 Å². The van der Waals surface area contributed by atoms with Gasteiger partial charge in [0.15, 0.2) is 0 Å². The van der Waals surface area contributed by atoms with Gasteiger partial charge in [0.25, 0.3) is 0 Å². The van der Waals surface area contributed by atoms with Crippen LogP contribution in [0.25, 0.3) is 0 Å². The first-order valence-corrected chi connectivity index (χ1v) is 5.39. The van der Waals surface area contributed by atoms with Crippen LogP contribution in [0, 0.1) is 5.92 Å². The highest BCUT2D eigenvalue weighted by atomic mass is 16.4. The highest BCUT2D eigenvalue weighted by molar-refractivity contribution is 5.66. The van der Waals surface area contributed by atoms with Crippen LogP contribution in [0.2, 0.25) is 0 Å². The molecule has 0 radical (unpaired) electrons. The number of nitrogens with one attached hydrogen (secondary N) is 1. The van der Waals surface area contributed by atoms with Crippen molar-refractivity contribution in [2.24, 2.45) is 11.7 Å². The van der Waals surface area contributed by atoms with E-state index in [4.69, 9.17) is 10.8 Å². The predicted molar refractivity (Wildman–Crippen MR) is 55.1 cm³/mol. The van der Waals surface area contributed by atoms with Gasteiger partial charge >= 0.3 is 5.97 Å². The number of hydrogen-bond donors (Lipinski definition) is 3. The van der Waals surface area contributed by atoms with E-state index in [0.29, 0.717) is 18.4 Å². The van der Waals surface area contributed by atoms with E-state index < -0.39 is 5.97 Å². The van der Waals surface area contributed by atoms with E-state index in [9.17, 15) is 4.79 Å². The van der Waals surface area contributed by atoms with Crippen molar-refractivity contribution in [2.45, 2.75) is 38.1 Å². The molecule has 1 rings (SSSR count). The van der Waals surface area contributed by atoms with Crippen LogP contribution in [0.15, 0.2) is 0 Å². The molecule has 0 saturated heterocycles. The number of nitrogens with two attached hydrogens (primary N) is 1. The molecule has 1 aliphatic carbocycles. The maximum absolute atomic E-state index is 10.3. The second-order valence-corrected chi connectivity index (χ2v) is 3.98. The first-order valence-electron chi connectivity index (χ1n) is 5.39. The van der Waals surface area contributed by atoms with E-state index in [-0.39, 0.29) is 6.42 Å². The van der Waals surface area contributed by atoms with E-state index in [0.717, 1.165) is 13.1 Å². The van der Waals surface area contributed by atoms with Gasteiger partial charge in [0.2, 0.25) is 0 Å². The fourth-order valence-corrected chi connectivity index (χ4v) is 2.11. The third-order valence-electron chi connectivity index (χ3n) is 2.94. The summed E-state index contributed by atoms with van der Waals surface area (Å²) in [6.07, 6.45) is 4.62. The van der Waals surface area contributed by atoms with E-state index in [1.54, 1.807) is 0 Å². The lowest BCUT2D eigenvalue weighted by atomic mass is 10.0. The van der Waals surface area contributed by atoms with Crippen molar-refractivity contribution in [1.82, 2.24) is 5.32 Å². The molecule has 0 heterocycles. The number of aliphatic carboxylic acids is 1. The molecule has 0 spiro atoms. The zero-order valence-electron chi connectivity index (χ0n) is 8.54. The Hall–Kier alpha value is -0.610. The van der Waals surface area contributed by atoms with Crippen molar-refractivity contribution in [3.8, 4) is 0 Å². The number of carbonyl (C=O) groups is 1. The van der Waals surface area contributed by atoms with E-state index >= 15 is 0 Å². The van der Waals surface area contributed by atoms with Crippen molar-refractivity contribution in [3.63, 3.8) is 0 Å². The van der Waals surface area contributed by atoms with Gasteiger partial charge in [-0.2, -0.15) is 0 Å². The molecule has 14 heavy (non-hydrogen) atoms. The summed E-state index contributed by atoms with van der Waals surface area (Å²) < 4.78 is 0. The summed E-state index contributed by atoms with van der Waals surface area (Å²) in [4.78, 5) is 10.3. The van der Waals surface area contributed by atoms with Gasteiger partial charge in [-0.25, -0.2) is 0 Å². The van der Waals surface area contributed by atoms with Crippen molar-refractivity contribution >= 4 is 5.97 Å². The standard InChI is InChI=1S/C10H20N2O2/c11-7-8-3-1-4-9(8)12-6-2-5-10(13)14/h8-9,12H,1-7,11H2,(H,13,14). The molecule has 0 aliphatic heterocycles. The summed E-state index contributed by atoms with van der Waals surface area (Å²) in [7, 11) is 0. The first-order chi connectivity index (χ1) is 6.74. The Morgan fingerprint density at radius 2 is 2.29 bits per heavy atom. The maximum Gasteiger partial charge on any atom is 0.303 e. The van der Waals surface area contributed by atoms with Crippen LogP contribution < -0.4 is 11.1 Å². The summed E-state index contributed by atoms with van der Waals surface area (Å²) in [5.74, 6) is -0.117. The van der Waals surface area contributed by atoms with Gasteiger partial charge in [-0.15, -0.1) is 0 Å². The minimum atomic E-state index is -0.714. The van der Waals surface area contributed by atoms with Crippen LogP contribution in [0.3, 0.4) is 0 Å². The molecule has 4 N–H and O–H groups in total. The molecule has 0 bridgehead atoms. The molecule has 0 aromatic rings. The van der Waals surface area contributed by atoms with Crippen molar-refractivity contribution in [2.75, 3.05) is 13.1 Å². The summed E-state index contributed by atoms with van der Waals surface area (Å²) in [5, 5.41) is 11.9. The SMILES string of the molecule is NCC1CCCC1NCCCC(=O)O. The third-order valence-corrected chi connectivity index (χ3v) is 2.94. The Morgan fingerprint density at radius 3 is 2.93 bits per heavy atom. The Labute approximate surface area is 84.9 Å². The third kappa shape index (κ3) is 3.64. The van der Waals surface area contributed by atoms with Gasteiger partial charge in [0, 0.05) is 12.5 Å². The molecule has 2 unspecified atom stereocenters. The average molecular weight is 200 g/mol. The molecule has 0 aromatic heterocycles. The highest BCUT2D eigenvalue weighted by Crippen LogP contribution is 2.24.